The Labute approximate surface area is 330 Å². The van der Waals surface area contributed by atoms with Gasteiger partial charge in [-0.1, -0.05) is 226 Å². The molecule has 0 radical (unpaired) electrons. The van der Waals surface area contributed by atoms with Gasteiger partial charge in [-0.05, 0) is 38.5 Å². The van der Waals surface area contributed by atoms with E-state index in [0.29, 0.717) is 0 Å². The molecule has 49 heavy (non-hydrogen) atoms. The number of hydrogen-bond donors (Lipinski definition) is 0. The monoisotopic (exact) mass is 796 g/mol. The van der Waals surface area contributed by atoms with Gasteiger partial charge in [0.05, 0.1) is 0 Å². The smallest absolute Gasteiger partial charge is 0.872 e. The number of para-hydroxylation sites is 3. The number of benzene rings is 3. The summed E-state index contributed by atoms with van der Waals surface area (Å²) in [6.07, 6.45) is 30.3. The van der Waals surface area contributed by atoms with Crippen molar-refractivity contribution >= 4 is 0 Å². The molecule has 0 bridgehead atoms. The molecule has 0 aliphatic rings. The van der Waals surface area contributed by atoms with Gasteiger partial charge in [-0.15, -0.1) is 17.2 Å². The van der Waals surface area contributed by atoms with Crippen LogP contribution in [0, 0.1) is 35.6 Å². The SMILES string of the molecule is CCCCCCCCCc1ccccc1[O-].CCCCCCCCCc1ccccc1[O-].CCCCCCCCCc1ccccc1[O-].[La+3]. The van der Waals surface area contributed by atoms with Gasteiger partial charge < -0.3 is 15.3 Å². The molecule has 0 unspecified atom stereocenters. The number of unbranched alkanes of at least 4 members (excludes halogenated alkanes) is 18. The van der Waals surface area contributed by atoms with Crippen molar-refractivity contribution in [2.45, 2.75) is 175 Å². The molecule has 0 heterocycles. The van der Waals surface area contributed by atoms with E-state index >= 15 is 0 Å². The first-order valence-corrected chi connectivity index (χ1v) is 19.8. The number of hydrogen-bond acceptors (Lipinski definition) is 3. The van der Waals surface area contributed by atoms with E-state index in [1.54, 1.807) is 18.2 Å². The van der Waals surface area contributed by atoms with E-state index in [-0.39, 0.29) is 52.8 Å². The van der Waals surface area contributed by atoms with Crippen molar-refractivity contribution in [2.75, 3.05) is 0 Å². The van der Waals surface area contributed by atoms with Gasteiger partial charge in [0.25, 0.3) is 0 Å². The van der Waals surface area contributed by atoms with E-state index < -0.39 is 0 Å². The molecule has 3 aromatic rings. The standard InChI is InChI=1S/3C15H24O.La/c3*1-2-3-4-5-6-7-8-11-14-12-9-10-13-15(14)16;/h3*9-10,12-13,16H,2-8,11H2,1H3;/q;;;+3/p-3. The van der Waals surface area contributed by atoms with Gasteiger partial charge in [0.15, 0.2) is 0 Å². The first-order valence-electron chi connectivity index (χ1n) is 19.8. The van der Waals surface area contributed by atoms with Gasteiger partial charge in [-0.25, -0.2) is 0 Å². The zero-order valence-electron chi connectivity index (χ0n) is 31.7. The average Bonchev–Trinajstić information content (AvgIpc) is 3.10. The molecule has 0 aromatic heterocycles. The Morgan fingerprint density at radius 1 is 0.306 bits per heavy atom. The fourth-order valence-corrected chi connectivity index (χ4v) is 5.95. The van der Waals surface area contributed by atoms with Crippen LogP contribution < -0.4 is 15.3 Å². The molecule has 3 aromatic carbocycles. The van der Waals surface area contributed by atoms with Crippen LogP contribution in [-0.2, 0) is 19.3 Å². The summed E-state index contributed by atoms with van der Waals surface area (Å²) in [4.78, 5) is 0. The van der Waals surface area contributed by atoms with Gasteiger partial charge in [0.1, 0.15) is 0 Å². The van der Waals surface area contributed by atoms with E-state index in [2.05, 4.69) is 20.8 Å². The van der Waals surface area contributed by atoms with Crippen LogP contribution in [0.4, 0.5) is 0 Å². The van der Waals surface area contributed by atoms with Crippen molar-refractivity contribution in [3.63, 3.8) is 0 Å². The van der Waals surface area contributed by atoms with Crippen molar-refractivity contribution in [1.29, 1.82) is 0 Å². The molecule has 0 saturated heterocycles. The van der Waals surface area contributed by atoms with Gasteiger partial charge in [0.2, 0.25) is 0 Å². The van der Waals surface area contributed by atoms with Gasteiger partial charge in [-0.3, -0.25) is 0 Å². The van der Waals surface area contributed by atoms with Crippen LogP contribution in [-0.4, -0.2) is 0 Å². The zero-order valence-corrected chi connectivity index (χ0v) is 35.3. The topological polar surface area (TPSA) is 69.2 Å². The Kier molecular flexibility index (Phi) is 33.5. The van der Waals surface area contributed by atoms with Crippen molar-refractivity contribution in [3.8, 4) is 17.2 Å². The minimum atomic E-state index is 0. The van der Waals surface area contributed by atoms with Crippen molar-refractivity contribution < 1.29 is 50.9 Å². The fraction of sp³-hybridized carbons (Fsp3) is 0.600. The number of rotatable bonds is 24. The summed E-state index contributed by atoms with van der Waals surface area (Å²) < 4.78 is 0. The second-order valence-corrected chi connectivity index (χ2v) is 13.4. The van der Waals surface area contributed by atoms with E-state index in [4.69, 9.17) is 0 Å². The maximum Gasteiger partial charge on any atom is 3.00 e. The fourth-order valence-electron chi connectivity index (χ4n) is 5.95. The molecule has 0 spiro atoms. The third-order valence-corrected chi connectivity index (χ3v) is 9.07. The van der Waals surface area contributed by atoms with E-state index in [9.17, 15) is 15.3 Å². The Hall–Kier alpha value is -1.75. The largest absolute Gasteiger partial charge is 3.00 e. The normalized spacial score (nSPS) is 10.3. The quantitative estimate of drug-likeness (QED) is 0.0848. The Balaban J connectivity index is 0.000000698. The van der Waals surface area contributed by atoms with Gasteiger partial charge in [0, 0.05) is 0 Å². The summed E-state index contributed by atoms with van der Waals surface area (Å²) in [6.45, 7) is 6.72. The van der Waals surface area contributed by atoms with E-state index in [0.717, 1.165) is 55.2 Å². The molecule has 0 N–H and O–H groups in total. The molecular weight excluding hydrogens is 727 g/mol. The molecule has 3 rings (SSSR count). The molecule has 0 aliphatic heterocycles. The third kappa shape index (κ3) is 26.7. The van der Waals surface area contributed by atoms with Crippen molar-refractivity contribution in [2.24, 2.45) is 0 Å². The molecule has 0 aliphatic carbocycles. The maximum atomic E-state index is 11.4. The summed E-state index contributed by atoms with van der Waals surface area (Å²) >= 11 is 0. The summed E-state index contributed by atoms with van der Waals surface area (Å²) in [5.74, 6) is 0.607. The summed E-state index contributed by atoms with van der Waals surface area (Å²) in [5, 5.41) is 34.3. The van der Waals surface area contributed by atoms with Crippen LogP contribution >= 0.6 is 0 Å². The molecular formula is C45H69LaO3. The van der Waals surface area contributed by atoms with Gasteiger partial charge >= 0.3 is 35.6 Å². The van der Waals surface area contributed by atoms with Crippen LogP contribution in [0.2, 0.25) is 0 Å². The average molecular weight is 797 g/mol. The summed E-state index contributed by atoms with van der Waals surface area (Å²) in [7, 11) is 0. The summed E-state index contributed by atoms with van der Waals surface area (Å²) in [6, 6.07) is 22.2. The van der Waals surface area contributed by atoms with Crippen molar-refractivity contribution in [1.82, 2.24) is 0 Å². The van der Waals surface area contributed by atoms with Crippen LogP contribution in [0.3, 0.4) is 0 Å². The molecule has 3 nitrogen and oxygen atoms in total. The Morgan fingerprint density at radius 2 is 0.510 bits per heavy atom. The molecule has 0 fully saturated rings. The van der Waals surface area contributed by atoms with E-state index in [1.165, 1.54) is 116 Å². The maximum absolute atomic E-state index is 11.4. The van der Waals surface area contributed by atoms with Gasteiger partial charge in [-0.2, -0.15) is 0 Å². The third-order valence-electron chi connectivity index (χ3n) is 9.07. The Bertz CT molecular complexity index is 990. The second-order valence-electron chi connectivity index (χ2n) is 13.4. The molecule has 4 heteroatoms. The second kappa shape index (κ2) is 34.7. The molecule has 0 saturated carbocycles. The van der Waals surface area contributed by atoms with E-state index in [1.807, 2.05) is 54.6 Å². The zero-order chi connectivity index (χ0) is 34.9. The molecule has 0 atom stereocenters. The minimum Gasteiger partial charge on any atom is -0.872 e. The molecule has 0 amide bonds. The number of aryl methyl sites for hydroxylation is 3. The summed E-state index contributed by atoms with van der Waals surface area (Å²) in [5.41, 5.74) is 2.95. The van der Waals surface area contributed by atoms with Crippen LogP contribution in [0.15, 0.2) is 72.8 Å². The predicted molar refractivity (Wildman–Crippen MR) is 203 cm³/mol. The predicted octanol–water partition coefficient (Wildman–Crippen LogP) is 12.2. The van der Waals surface area contributed by atoms with Crippen LogP contribution in [0.5, 0.6) is 17.2 Å². The minimum absolute atomic E-state index is 0. The first kappa shape index (κ1) is 47.3. The van der Waals surface area contributed by atoms with Crippen molar-refractivity contribution in [3.05, 3.63) is 89.5 Å². The van der Waals surface area contributed by atoms with Crippen LogP contribution in [0.25, 0.3) is 0 Å². The Morgan fingerprint density at radius 3 is 0.735 bits per heavy atom. The first-order chi connectivity index (χ1) is 23.5. The van der Waals surface area contributed by atoms with Crippen LogP contribution in [0.1, 0.15) is 172 Å². The molecule has 270 valence electrons.